The van der Waals surface area contributed by atoms with Gasteiger partial charge in [0.1, 0.15) is 12.0 Å². The van der Waals surface area contributed by atoms with Crippen molar-refractivity contribution in [2.45, 2.75) is 31.1 Å². The van der Waals surface area contributed by atoms with Gasteiger partial charge in [0.05, 0.1) is 7.11 Å². The number of benzene rings is 1. The molecule has 0 saturated heterocycles. The number of carbonyl (C=O) groups is 1. The number of ether oxygens (including phenoxy) is 1. The van der Waals surface area contributed by atoms with Gasteiger partial charge in [0, 0.05) is 11.3 Å². The van der Waals surface area contributed by atoms with Crippen LogP contribution in [0.3, 0.4) is 0 Å². The summed E-state index contributed by atoms with van der Waals surface area (Å²) >= 11 is 1.71. The normalized spacial score (nSPS) is 12.2. The lowest BCUT2D eigenvalue weighted by Gasteiger charge is -2.16. The Labute approximate surface area is 101 Å². The minimum atomic E-state index is 0.245. The zero-order chi connectivity index (χ0) is 12.1. The lowest BCUT2D eigenvalue weighted by molar-refractivity contribution is -0.108. The summed E-state index contributed by atoms with van der Waals surface area (Å²) in [5, 5.41) is 0. The summed E-state index contributed by atoms with van der Waals surface area (Å²) in [6, 6.07) is 4.18. The maximum atomic E-state index is 10.6. The summed E-state index contributed by atoms with van der Waals surface area (Å²) in [6.07, 6.45) is 3.58. The number of rotatable bonds is 5. The molecular weight excluding hydrogens is 220 g/mol. The van der Waals surface area contributed by atoms with Gasteiger partial charge < -0.3 is 9.53 Å². The average molecular weight is 238 g/mol. The monoisotopic (exact) mass is 238 g/mol. The van der Waals surface area contributed by atoms with Crippen LogP contribution in [0.5, 0.6) is 5.75 Å². The minimum absolute atomic E-state index is 0.245. The van der Waals surface area contributed by atoms with Crippen molar-refractivity contribution in [3.05, 3.63) is 23.3 Å². The lowest BCUT2D eigenvalue weighted by Crippen LogP contribution is -1.99. The number of hydrogen-bond acceptors (Lipinski definition) is 3. The second-order valence-electron chi connectivity index (χ2n) is 3.87. The topological polar surface area (TPSA) is 26.3 Å². The molecule has 1 aromatic rings. The molecule has 88 valence electrons. The minimum Gasteiger partial charge on any atom is -0.496 e. The molecule has 0 aliphatic rings. The second-order valence-corrected chi connectivity index (χ2v) is 4.72. The van der Waals surface area contributed by atoms with E-state index >= 15 is 0 Å². The number of hydrogen-bond donors (Lipinski definition) is 0. The first-order valence-electron chi connectivity index (χ1n) is 5.30. The van der Waals surface area contributed by atoms with Gasteiger partial charge in [0.25, 0.3) is 0 Å². The molecule has 1 aromatic carbocycles. The Bertz CT molecular complexity index is 374. The summed E-state index contributed by atoms with van der Waals surface area (Å²) in [4.78, 5) is 11.8. The third-order valence-corrected chi connectivity index (χ3v) is 3.52. The highest BCUT2D eigenvalue weighted by molar-refractivity contribution is 7.98. The van der Waals surface area contributed by atoms with E-state index in [1.54, 1.807) is 18.9 Å². The molecule has 16 heavy (non-hydrogen) atoms. The summed E-state index contributed by atoms with van der Waals surface area (Å²) < 4.78 is 5.32. The van der Waals surface area contributed by atoms with Gasteiger partial charge in [-0.25, -0.2) is 0 Å². The Morgan fingerprint density at radius 1 is 1.50 bits per heavy atom. The first-order valence-corrected chi connectivity index (χ1v) is 6.52. The molecule has 0 aromatic heterocycles. The third-order valence-electron chi connectivity index (χ3n) is 2.73. The van der Waals surface area contributed by atoms with Crippen LogP contribution in [0.1, 0.15) is 30.4 Å². The fourth-order valence-corrected chi connectivity index (χ4v) is 2.52. The quantitative estimate of drug-likeness (QED) is 0.581. The summed E-state index contributed by atoms with van der Waals surface area (Å²) in [6.45, 7) is 4.10. The van der Waals surface area contributed by atoms with Crippen molar-refractivity contribution in [3.8, 4) is 5.75 Å². The summed E-state index contributed by atoms with van der Waals surface area (Å²) in [5.41, 5.74) is 2.33. The molecule has 0 saturated carbocycles. The van der Waals surface area contributed by atoms with Gasteiger partial charge in [-0.3, -0.25) is 0 Å². The Balaban J connectivity index is 3.18. The molecule has 2 nitrogen and oxygen atoms in total. The Morgan fingerprint density at radius 2 is 2.19 bits per heavy atom. The van der Waals surface area contributed by atoms with E-state index in [2.05, 4.69) is 25.3 Å². The van der Waals surface area contributed by atoms with Gasteiger partial charge in [0.15, 0.2) is 0 Å². The van der Waals surface area contributed by atoms with Crippen molar-refractivity contribution in [2.75, 3.05) is 13.4 Å². The van der Waals surface area contributed by atoms with Gasteiger partial charge >= 0.3 is 0 Å². The molecule has 0 aliphatic carbocycles. The highest BCUT2D eigenvalue weighted by atomic mass is 32.2. The van der Waals surface area contributed by atoms with Crippen LogP contribution in [0.25, 0.3) is 0 Å². The van der Waals surface area contributed by atoms with Gasteiger partial charge in [-0.05, 0) is 42.4 Å². The van der Waals surface area contributed by atoms with E-state index in [-0.39, 0.29) is 5.92 Å². The smallest absolute Gasteiger partial charge is 0.122 e. The Hall–Kier alpha value is -0.960. The zero-order valence-corrected chi connectivity index (χ0v) is 11.1. The van der Waals surface area contributed by atoms with Gasteiger partial charge in [-0.15, -0.1) is 11.8 Å². The number of aryl methyl sites for hydroxylation is 1. The van der Waals surface area contributed by atoms with Crippen LogP contribution in [0.2, 0.25) is 0 Å². The van der Waals surface area contributed by atoms with Crippen LogP contribution >= 0.6 is 11.8 Å². The van der Waals surface area contributed by atoms with Crippen LogP contribution in [0.15, 0.2) is 17.0 Å². The van der Waals surface area contributed by atoms with Gasteiger partial charge in [0.2, 0.25) is 0 Å². The molecule has 0 heterocycles. The number of aldehydes is 1. The van der Waals surface area contributed by atoms with Crippen LogP contribution in [-0.2, 0) is 4.79 Å². The number of thioether (sulfide) groups is 1. The molecule has 3 heteroatoms. The van der Waals surface area contributed by atoms with Gasteiger partial charge in [-0.1, -0.05) is 6.92 Å². The molecule has 0 spiro atoms. The maximum Gasteiger partial charge on any atom is 0.122 e. The second kappa shape index (κ2) is 5.94. The first kappa shape index (κ1) is 13.1. The van der Waals surface area contributed by atoms with Crippen LogP contribution in [-0.4, -0.2) is 19.7 Å². The van der Waals surface area contributed by atoms with E-state index in [0.29, 0.717) is 6.42 Å². The van der Waals surface area contributed by atoms with Crippen molar-refractivity contribution in [1.82, 2.24) is 0 Å². The fourth-order valence-electron chi connectivity index (χ4n) is 1.73. The summed E-state index contributed by atoms with van der Waals surface area (Å²) in [5.74, 6) is 1.14. The maximum absolute atomic E-state index is 10.6. The zero-order valence-electron chi connectivity index (χ0n) is 10.2. The van der Waals surface area contributed by atoms with E-state index in [9.17, 15) is 4.79 Å². The molecule has 0 fully saturated rings. The molecule has 0 N–H and O–H groups in total. The van der Waals surface area contributed by atoms with Crippen molar-refractivity contribution in [3.63, 3.8) is 0 Å². The number of carbonyl (C=O) groups excluding carboxylic acids is 1. The largest absolute Gasteiger partial charge is 0.496 e. The Morgan fingerprint density at radius 3 is 2.69 bits per heavy atom. The predicted molar refractivity (Wildman–Crippen MR) is 68.6 cm³/mol. The van der Waals surface area contributed by atoms with Crippen molar-refractivity contribution >= 4 is 18.0 Å². The van der Waals surface area contributed by atoms with Crippen LogP contribution in [0, 0.1) is 6.92 Å². The Kier molecular flexibility index (Phi) is 4.87. The molecule has 0 radical (unpaired) electrons. The third kappa shape index (κ3) is 2.79. The average Bonchev–Trinajstić information content (AvgIpc) is 2.28. The molecule has 0 bridgehead atoms. The SMILES string of the molecule is COc1cc(C(C)CC=O)c(SC)cc1C. The van der Waals surface area contributed by atoms with Crippen molar-refractivity contribution < 1.29 is 9.53 Å². The van der Waals surface area contributed by atoms with Crippen molar-refractivity contribution in [2.24, 2.45) is 0 Å². The van der Waals surface area contributed by atoms with E-state index < -0.39 is 0 Å². The van der Waals surface area contributed by atoms with Crippen molar-refractivity contribution in [1.29, 1.82) is 0 Å². The van der Waals surface area contributed by atoms with E-state index in [1.807, 2.05) is 6.92 Å². The van der Waals surface area contributed by atoms with Crippen LogP contribution < -0.4 is 4.74 Å². The molecule has 0 amide bonds. The highest BCUT2D eigenvalue weighted by Crippen LogP contribution is 2.34. The fraction of sp³-hybridized carbons (Fsp3) is 0.462. The number of methoxy groups -OCH3 is 1. The van der Waals surface area contributed by atoms with Crippen LogP contribution in [0.4, 0.5) is 0 Å². The van der Waals surface area contributed by atoms with Gasteiger partial charge in [-0.2, -0.15) is 0 Å². The predicted octanol–water partition coefficient (Wildman–Crippen LogP) is 3.42. The molecule has 1 rings (SSSR count). The molecule has 0 aliphatic heterocycles. The van der Waals surface area contributed by atoms with E-state index in [0.717, 1.165) is 17.6 Å². The molecule has 1 atom stereocenters. The summed E-state index contributed by atoms with van der Waals surface area (Å²) in [7, 11) is 1.68. The standard InChI is InChI=1S/C13H18O2S/c1-9(5-6-14)11-8-12(15-3)10(2)7-13(11)16-4/h6-9H,5H2,1-4H3. The first-order chi connectivity index (χ1) is 7.63. The molecule has 1 unspecified atom stereocenters. The van der Waals surface area contributed by atoms with E-state index in [1.165, 1.54) is 10.5 Å². The molecular formula is C13H18O2S. The highest BCUT2D eigenvalue weighted by Gasteiger charge is 2.13. The van der Waals surface area contributed by atoms with E-state index in [4.69, 9.17) is 4.74 Å². The lowest BCUT2D eigenvalue weighted by atomic mass is 9.97.